The number of hydrogen-bond donors (Lipinski definition) is 2. The highest BCUT2D eigenvalue weighted by atomic mass is 16.4. The number of nitrogens with one attached hydrogen (secondary N) is 1. The number of carboxylic acid groups (broad SMARTS) is 1. The van der Waals surface area contributed by atoms with Crippen LogP contribution in [0.5, 0.6) is 0 Å². The Kier molecular flexibility index (Phi) is 3.02. The summed E-state index contributed by atoms with van der Waals surface area (Å²) in [5, 5.41) is 11.5. The zero-order valence-corrected chi connectivity index (χ0v) is 10.4. The van der Waals surface area contributed by atoms with Gasteiger partial charge in [-0.05, 0) is 38.5 Å². The van der Waals surface area contributed by atoms with Crippen LogP contribution in [0.4, 0.5) is 4.79 Å². The normalized spacial score (nSPS) is 28.0. The average Bonchev–Trinajstić information content (AvgIpc) is 2.74. The fourth-order valence-electron chi connectivity index (χ4n) is 2.80. The van der Waals surface area contributed by atoms with Crippen LogP contribution in [0, 0.1) is 11.8 Å². The lowest BCUT2D eigenvalue weighted by Gasteiger charge is -2.25. The maximum atomic E-state index is 11.9. The number of urea groups is 1. The highest BCUT2D eigenvalue weighted by Crippen LogP contribution is 2.37. The Labute approximate surface area is 101 Å². The number of rotatable bonds is 2. The molecule has 2 amide bonds. The topological polar surface area (TPSA) is 69.6 Å². The van der Waals surface area contributed by atoms with Gasteiger partial charge in [0.25, 0.3) is 0 Å². The maximum absolute atomic E-state index is 11.9. The molecule has 0 spiro atoms. The fourth-order valence-corrected chi connectivity index (χ4v) is 2.80. The predicted octanol–water partition coefficient (Wildman–Crippen LogP) is 1.29. The molecule has 0 aromatic carbocycles. The lowest BCUT2D eigenvalue weighted by molar-refractivity contribution is -0.143. The van der Waals surface area contributed by atoms with Crippen molar-refractivity contribution >= 4 is 12.0 Å². The number of nitrogens with zero attached hydrogens (tertiary/aromatic N) is 1. The van der Waals surface area contributed by atoms with Crippen LogP contribution < -0.4 is 5.32 Å². The number of likely N-dealkylation sites (tertiary alicyclic amines) is 1. The number of carbonyl (C=O) groups is 2. The monoisotopic (exact) mass is 240 g/mol. The van der Waals surface area contributed by atoms with E-state index in [1.165, 1.54) is 33.1 Å². The van der Waals surface area contributed by atoms with E-state index < -0.39 is 11.5 Å². The highest BCUT2D eigenvalue weighted by Gasteiger charge is 2.39. The van der Waals surface area contributed by atoms with Gasteiger partial charge in [-0.1, -0.05) is 6.42 Å². The minimum atomic E-state index is -1.20. The van der Waals surface area contributed by atoms with Crippen LogP contribution in [0.1, 0.15) is 33.1 Å². The molecule has 1 saturated carbocycles. The molecule has 2 N–H and O–H groups in total. The number of fused-ring (bicyclic) bond motifs is 1. The molecular formula is C12H20N2O3. The van der Waals surface area contributed by atoms with E-state index in [1.54, 1.807) is 4.90 Å². The van der Waals surface area contributed by atoms with Crippen molar-refractivity contribution in [3.8, 4) is 0 Å². The van der Waals surface area contributed by atoms with Crippen molar-refractivity contribution in [2.24, 2.45) is 11.8 Å². The molecule has 5 nitrogen and oxygen atoms in total. The highest BCUT2D eigenvalue weighted by molar-refractivity contribution is 5.85. The largest absolute Gasteiger partial charge is 0.480 e. The first-order chi connectivity index (χ1) is 7.90. The molecule has 17 heavy (non-hydrogen) atoms. The molecule has 2 fully saturated rings. The van der Waals surface area contributed by atoms with E-state index in [4.69, 9.17) is 5.11 Å². The molecule has 0 aromatic heterocycles. The summed E-state index contributed by atoms with van der Waals surface area (Å²) in [6.07, 6.45) is 3.68. The second kappa shape index (κ2) is 4.20. The number of carboxylic acids is 1. The Morgan fingerprint density at radius 1 is 1.24 bits per heavy atom. The molecule has 96 valence electrons. The molecule has 2 rings (SSSR count). The molecule has 1 heterocycles. The van der Waals surface area contributed by atoms with Gasteiger partial charge in [0.2, 0.25) is 0 Å². The molecule has 1 aliphatic carbocycles. The SMILES string of the molecule is CC(C)(NC(=O)N1CC2CCCC2C1)C(=O)O. The number of hydrogen-bond acceptors (Lipinski definition) is 2. The quantitative estimate of drug-likeness (QED) is 0.764. The van der Waals surface area contributed by atoms with Gasteiger partial charge in [0.05, 0.1) is 0 Å². The molecule has 2 unspecified atom stereocenters. The predicted molar refractivity (Wildman–Crippen MR) is 62.7 cm³/mol. The van der Waals surface area contributed by atoms with Crippen LogP contribution in [-0.4, -0.2) is 40.6 Å². The second-order valence-electron chi connectivity index (χ2n) is 5.72. The van der Waals surface area contributed by atoms with E-state index in [-0.39, 0.29) is 6.03 Å². The summed E-state index contributed by atoms with van der Waals surface area (Å²) in [7, 11) is 0. The van der Waals surface area contributed by atoms with E-state index in [0.29, 0.717) is 11.8 Å². The van der Waals surface area contributed by atoms with Gasteiger partial charge in [0.15, 0.2) is 0 Å². The van der Waals surface area contributed by atoms with Crippen LogP contribution in [-0.2, 0) is 4.79 Å². The second-order valence-corrected chi connectivity index (χ2v) is 5.72. The fraction of sp³-hybridized carbons (Fsp3) is 0.833. The van der Waals surface area contributed by atoms with Crippen LogP contribution in [0.2, 0.25) is 0 Å². The maximum Gasteiger partial charge on any atom is 0.328 e. The molecular weight excluding hydrogens is 220 g/mol. The van der Waals surface area contributed by atoms with Gasteiger partial charge in [-0.3, -0.25) is 0 Å². The van der Waals surface area contributed by atoms with E-state index in [9.17, 15) is 9.59 Å². The van der Waals surface area contributed by atoms with Gasteiger partial charge in [0.1, 0.15) is 5.54 Å². The molecule has 1 aliphatic heterocycles. The van der Waals surface area contributed by atoms with Crippen LogP contribution >= 0.6 is 0 Å². The Bertz CT molecular complexity index is 329. The number of amides is 2. The third-order valence-electron chi connectivity index (χ3n) is 3.97. The first-order valence-corrected chi connectivity index (χ1v) is 6.20. The van der Waals surface area contributed by atoms with Crippen LogP contribution in [0.25, 0.3) is 0 Å². The Morgan fingerprint density at radius 2 is 1.76 bits per heavy atom. The summed E-state index contributed by atoms with van der Waals surface area (Å²) in [6.45, 7) is 4.58. The van der Waals surface area contributed by atoms with Gasteiger partial charge in [-0.15, -0.1) is 0 Å². The summed E-state index contributed by atoms with van der Waals surface area (Å²) >= 11 is 0. The van der Waals surface area contributed by atoms with E-state index in [2.05, 4.69) is 5.32 Å². The molecule has 2 atom stereocenters. The van der Waals surface area contributed by atoms with Crippen molar-refractivity contribution in [3.63, 3.8) is 0 Å². The third kappa shape index (κ3) is 2.37. The van der Waals surface area contributed by atoms with Gasteiger partial charge >= 0.3 is 12.0 Å². The minimum Gasteiger partial charge on any atom is -0.480 e. The smallest absolute Gasteiger partial charge is 0.328 e. The van der Waals surface area contributed by atoms with Crippen molar-refractivity contribution < 1.29 is 14.7 Å². The van der Waals surface area contributed by atoms with Crippen molar-refractivity contribution in [2.75, 3.05) is 13.1 Å². The number of aliphatic carboxylic acids is 1. The summed E-state index contributed by atoms with van der Waals surface area (Å²) in [4.78, 5) is 24.6. The van der Waals surface area contributed by atoms with Crippen LogP contribution in [0.15, 0.2) is 0 Å². The zero-order valence-electron chi connectivity index (χ0n) is 10.4. The molecule has 2 aliphatic rings. The van der Waals surface area contributed by atoms with Crippen molar-refractivity contribution in [3.05, 3.63) is 0 Å². The lowest BCUT2D eigenvalue weighted by Crippen LogP contribution is -2.53. The van der Waals surface area contributed by atoms with E-state index in [0.717, 1.165) is 13.1 Å². The third-order valence-corrected chi connectivity index (χ3v) is 3.97. The summed E-state index contributed by atoms with van der Waals surface area (Å²) in [5.74, 6) is 0.257. The zero-order chi connectivity index (χ0) is 12.6. The standard InChI is InChI=1S/C12H20N2O3/c1-12(2,10(15)16)13-11(17)14-6-8-4-3-5-9(8)7-14/h8-9H,3-7H2,1-2H3,(H,13,17)(H,15,16). The first kappa shape index (κ1) is 12.2. The Hall–Kier alpha value is -1.26. The molecule has 0 aromatic rings. The first-order valence-electron chi connectivity index (χ1n) is 6.20. The van der Waals surface area contributed by atoms with Crippen LogP contribution in [0.3, 0.4) is 0 Å². The molecule has 1 saturated heterocycles. The molecule has 0 radical (unpaired) electrons. The molecule has 0 bridgehead atoms. The average molecular weight is 240 g/mol. The van der Waals surface area contributed by atoms with E-state index >= 15 is 0 Å². The summed E-state index contributed by atoms with van der Waals surface area (Å²) in [5.41, 5.74) is -1.20. The van der Waals surface area contributed by atoms with E-state index in [1.807, 2.05) is 0 Å². The lowest BCUT2D eigenvalue weighted by atomic mass is 10.0. The molecule has 5 heteroatoms. The van der Waals surface area contributed by atoms with Gasteiger partial charge < -0.3 is 15.3 Å². The van der Waals surface area contributed by atoms with Crippen molar-refractivity contribution in [2.45, 2.75) is 38.6 Å². The minimum absolute atomic E-state index is 0.244. The van der Waals surface area contributed by atoms with Crippen molar-refractivity contribution in [1.29, 1.82) is 0 Å². The van der Waals surface area contributed by atoms with Crippen molar-refractivity contribution in [1.82, 2.24) is 10.2 Å². The summed E-state index contributed by atoms with van der Waals surface area (Å²) in [6, 6.07) is -0.244. The number of carbonyl (C=O) groups excluding carboxylic acids is 1. The van der Waals surface area contributed by atoms with Gasteiger partial charge in [-0.2, -0.15) is 0 Å². The summed E-state index contributed by atoms with van der Waals surface area (Å²) < 4.78 is 0. The Morgan fingerprint density at radius 3 is 2.24 bits per heavy atom. The van der Waals surface area contributed by atoms with Gasteiger partial charge in [-0.25, -0.2) is 9.59 Å². The Balaban J connectivity index is 1.92. The van der Waals surface area contributed by atoms with Gasteiger partial charge in [0, 0.05) is 13.1 Å².